The number of ether oxygens (including phenoxy) is 2. The van der Waals surface area contributed by atoms with Crippen LogP contribution in [0.3, 0.4) is 0 Å². The van der Waals surface area contributed by atoms with E-state index in [-0.39, 0.29) is 5.60 Å². The molecule has 1 aromatic rings. The van der Waals surface area contributed by atoms with Crippen molar-refractivity contribution in [3.8, 4) is 11.8 Å². The first-order valence-electron chi connectivity index (χ1n) is 6.58. The summed E-state index contributed by atoms with van der Waals surface area (Å²) < 4.78 is 11.2. The predicted molar refractivity (Wildman–Crippen MR) is 73.0 cm³/mol. The standard InChI is InChI=1S/C15H20N2O2/c1-15(6-3-7-17-11-15)19-10-12-4-5-13(9-16)14(8-12)18-2/h4-5,8,17H,3,6-7,10-11H2,1-2H3. The minimum Gasteiger partial charge on any atom is -0.495 e. The van der Waals surface area contributed by atoms with Gasteiger partial charge >= 0.3 is 0 Å². The van der Waals surface area contributed by atoms with E-state index in [1.807, 2.05) is 12.1 Å². The first kappa shape index (κ1) is 13.9. The van der Waals surface area contributed by atoms with Crippen LogP contribution in [-0.2, 0) is 11.3 Å². The Morgan fingerprint density at radius 2 is 2.32 bits per heavy atom. The second-order valence-electron chi connectivity index (χ2n) is 5.17. The molecule has 1 unspecified atom stereocenters. The van der Waals surface area contributed by atoms with Crippen LogP contribution in [0.15, 0.2) is 18.2 Å². The zero-order chi connectivity index (χ0) is 13.7. The molecular formula is C15H20N2O2. The average Bonchev–Trinajstić information content (AvgIpc) is 2.45. The molecule has 1 heterocycles. The molecule has 1 aliphatic rings. The van der Waals surface area contributed by atoms with Crippen LogP contribution in [-0.4, -0.2) is 25.8 Å². The van der Waals surface area contributed by atoms with Crippen molar-refractivity contribution in [3.05, 3.63) is 29.3 Å². The van der Waals surface area contributed by atoms with E-state index in [4.69, 9.17) is 14.7 Å². The Balaban J connectivity index is 2.01. The molecule has 0 aromatic heterocycles. The first-order valence-corrected chi connectivity index (χ1v) is 6.58. The van der Waals surface area contributed by atoms with Gasteiger partial charge in [-0.15, -0.1) is 0 Å². The minimum atomic E-state index is -0.0978. The highest BCUT2D eigenvalue weighted by molar-refractivity contribution is 5.45. The third kappa shape index (κ3) is 3.46. The molecule has 0 amide bonds. The Morgan fingerprint density at radius 3 is 2.95 bits per heavy atom. The molecule has 0 saturated carbocycles. The molecule has 1 aliphatic heterocycles. The number of benzene rings is 1. The molecule has 0 radical (unpaired) electrons. The molecule has 102 valence electrons. The monoisotopic (exact) mass is 260 g/mol. The van der Waals surface area contributed by atoms with Crippen molar-refractivity contribution in [3.63, 3.8) is 0 Å². The van der Waals surface area contributed by atoms with Crippen LogP contribution in [0.2, 0.25) is 0 Å². The summed E-state index contributed by atoms with van der Waals surface area (Å²) in [6, 6.07) is 7.68. The van der Waals surface area contributed by atoms with Crippen molar-refractivity contribution in [1.82, 2.24) is 5.32 Å². The van der Waals surface area contributed by atoms with Gasteiger partial charge in [0.1, 0.15) is 11.8 Å². The highest BCUT2D eigenvalue weighted by Crippen LogP contribution is 2.24. The van der Waals surface area contributed by atoms with E-state index in [1.165, 1.54) is 0 Å². The van der Waals surface area contributed by atoms with E-state index >= 15 is 0 Å². The van der Waals surface area contributed by atoms with Crippen LogP contribution in [0.1, 0.15) is 30.9 Å². The smallest absolute Gasteiger partial charge is 0.136 e. The van der Waals surface area contributed by atoms with Crippen molar-refractivity contribution >= 4 is 0 Å². The molecule has 1 saturated heterocycles. The summed E-state index contributed by atoms with van der Waals surface area (Å²) in [4.78, 5) is 0. The molecule has 2 rings (SSSR count). The molecule has 4 nitrogen and oxygen atoms in total. The number of nitrogens with zero attached hydrogens (tertiary/aromatic N) is 1. The largest absolute Gasteiger partial charge is 0.495 e. The Bertz CT molecular complexity index is 474. The van der Waals surface area contributed by atoms with Crippen LogP contribution in [0.25, 0.3) is 0 Å². The topological polar surface area (TPSA) is 54.3 Å². The van der Waals surface area contributed by atoms with Gasteiger partial charge in [0, 0.05) is 6.54 Å². The Kier molecular flexibility index (Phi) is 4.41. The summed E-state index contributed by atoms with van der Waals surface area (Å²) in [6.45, 7) is 4.64. The van der Waals surface area contributed by atoms with Crippen molar-refractivity contribution in [2.45, 2.75) is 32.0 Å². The Morgan fingerprint density at radius 1 is 1.47 bits per heavy atom. The van der Waals surface area contributed by atoms with Gasteiger partial charge < -0.3 is 14.8 Å². The lowest BCUT2D eigenvalue weighted by Crippen LogP contribution is -2.45. The second-order valence-corrected chi connectivity index (χ2v) is 5.17. The summed E-state index contributed by atoms with van der Waals surface area (Å²) in [7, 11) is 1.58. The molecule has 0 spiro atoms. The van der Waals surface area contributed by atoms with Gasteiger partial charge in [0.05, 0.1) is 24.9 Å². The van der Waals surface area contributed by atoms with Gasteiger partial charge in [-0.1, -0.05) is 6.07 Å². The van der Waals surface area contributed by atoms with E-state index in [9.17, 15) is 0 Å². The molecule has 1 N–H and O–H groups in total. The van der Waals surface area contributed by atoms with E-state index in [2.05, 4.69) is 18.3 Å². The van der Waals surface area contributed by atoms with E-state index in [0.717, 1.165) is 31.5 Å². The molecule has 1 atom stereocenters. The van der Waals surface area contributed by atoms with Gasteiger partial charge in [0.25, 0.3) is 0 Å². The van der Waals surface area contributed by atoms with E-state index in [1.54, 1.807) is 13.2 Å². The van der Waals surface area contributed by atoms with Crippen molar-refractivity contribution in [2.75, 3.05) is 20.2 Å². The number of nitriles is 1. The lowest BCUT2D eigenvalue weighted by atomic mass is 9.96. The van der Waals surface area contributed by atoms with Gasteiger partial charge in [0.15, 0.2) is 0 Å². The number of methoxy groups -OCH3 is 1. The molecule has 1 fully saturated rings. The maximum Gasteiger partial charge on any atom is 0.136 e. The van der Waals surface area contributed by atoms with Gasteiger partial charge in [-0.05, 0) is 44.0 Å². The summed E-state index contributed by atoms with van der Waals surface area (Å²) in [5, 5.41) is 12.3. The van der Waals surface area contributed by atoms with E-state index < -0.39 is 0 Å². The Labute approximate surface area is 114 Å². The quantitative estimate of drug-likeness (QED) is 0.902. The molecule has 19 heavy (non-hydrogen) atoms. The van der Waals surface area contributed by atoms with E-state index in [0.29, 0.717) is 17.9 Å². The summed E-state index contributed by atoms with van der Waals surface area (Å²) in [5.41, 5.74) is 1.48. The Hall–Kier alpha value is -1.57. The maximum atomic E-state index is 8.95. The normalized spacial score (nSPS) is 22.8. The van der Waals surface area contributed by atoms with Crippen molar-refractivity contribution in [1.29, 1.82) is 5.26 Å². The van der Waals surface area contributed by atoms with Gasteiger partial charge in [-0.25, -0.2) is 0 Å². The third-order valence-corrected chi connectivity index (χ3v) is 3.53. The third-order valence-electron chi connectivity index (χ3n) is 3.53. The predicted octanol–water partition coefficient (Wildman–Crippen LogP) is 2.23. The fourth-order valence-electron chi connectivity index (χ4n) is 2.33. The van der Waals surface area contributed by atoms with Crippen LogP contribution in [0.5, 0.6) is 5.75 Å². The molecule has 4 heteroatoms. The van der Waals surface area contributed by atoms with Gasteiger partial charge in [0.2, 0.25) is 0 Å². The number of hydrogen-bond acceptors (Lipinski definition) is 4. The van der Waals surface area contributed by atoms with Crippen LogP contribution >= 0.6 is 0 Å². The molecule has 0 aliphatic carbocycles. The van der Waals surface area contributed by atoms with Crippen LogP contribution in [0, 0.1) is 11.3 Å². The summed E-state index contributed by atoms with van der Waals surface area (Å²) in [6.07, 6.45) is 2.22. The number of nitrogens with one attached hydrogen (secondary N) is 1. The van der Waals surface area contributed by atoms with Crippen molar-refractivity contribution < 1.29 is 9.47 Å². The fourth-order valence-corrected chi connectivity index (χ4v) is 2.33. The molecule has 1 aromatic carbocycles. The maximum absolute atomic E-state index is 8.95. The fraction of sp³-hybridized carbons (Fsp3) is 0.533. The average molecular weight is 260 g/mol. The summed E-state index contributed by atoms with van der Waals surface area (Å²) >= 11 is 0. The number of hydrogen-bond donors (Lipinski definition) is 1. The molecule has 0 bridgehead atoms. The van der Waals surface area contributed by atoms with Crippen LogP contribution in [0.4, 0.5) is 0 Å². The summed E-state index contributed by atoms with van der Waals surface area (Å²) in [5.74, 6) is 0.607. The zero-order valence-corrected chi connectivity index (χ0v) is 11.5. The highest BCUT2D eigenvalue weighted by Gasteiger charge is 2.27. The van der Waals surface area contributed by atoms with Crippen LogP contribution < -0.4 is 10.1 Å². The van der Waals surface area contributed by atoms with Crippen molar-refractivity contribution in [2.24, 2.45) is 0 Å². The minimum absolute atomic E-state index is 0.0978. The second kappa shape index (κ2) is 6.05. The zero-order valence-electron chi connectivity index (χ0n) is 11.5. The van der Waals surface area contributed by atoms with Gasteiger partial charge in [-0.2, -0.15) is 5.26 Å². The first-order chi connectivity index (χ1) is 9.17. The highest BCUT2D eigenvalue weighted by atomic mass is 16.5. The number of piperidine rings is 1. The lowest BCUT2D eigenvalue weighted by Gasteiger charge is -2.34. The SMILES string of the molecule is COc1cc(COC2(C)CCCNC2)ccc1C#N. The lowest BCUT2D eigenvalue weighted by molar-refractivity contribution is -0.0571. The van der Waals surface area contributed by atoms with Gasteiger partial charge in [-0.3, -0.25) is 0 Å². The number of rotatable bonds is 4. The molecular weight excluding hydrogens is 240 g/mol.